The summed E-state index contributed by atoms with van der Waals surface area (Å²) in [5.41, 5.74) is 6.55. The Hall–Kier alpha value is -5.63. The van der Waals surface area contributed by atoms with Gasteiger partial charge in [0.05, 0.1) is 48.7 Å². The second-order valence-corrected chi connectivity index (χ2v) is 14.5. The van der Waals surface area contributed by atoms with Crippen molar-refractivity contribution in [3.63, 3.8) is 0 Å². The summed E-state index contributed by atoms with van der Waals surface area (Å²) in [4.78, 5) is 57.6. The van der Waals surface area contributed by atoms with Crippen LogP contribution in [-0.4, -0.2) is 92.9 Å². The Bertz CT molecular complexity index is 2230. The first-order chi connectivity index (χ1) is 25.6. The summed E-state index contributed by atoms with van der Waals surface area (Å²) < 4.78 is 16.7. The predicted molar refractivity (Wildman–Crippen MR) is 196 cm³/mol. The number of amides is 3. The molecular formula is C39H43N7O7. The van der Waals surface area contributed by atoms with E-state index in [0.717, 1.165) is 68.3 Å². The highest BCUT2D eigenvalue weighted by atomic mass is 16.5. The number of aromatic amines is 2. The normalized spacial score (nSPS) is 20.1. The first-order valence-corrected chi connectivity index (χ1v) is 18.0. The monoisotopic (exact) mass is 721 g/mol. The van der Waals surface area contributed by atoms with Gasteiger partial charge in [0.2, 0.25) is 5.91 Å². The first-order valence-electron chi connectivity index (χ1n) is 18.0. The molecule has 14 heteroatoms. The summed E-state index contributed by atoms with van der Waals surface area (Å²) in [5.74, 6) is 1.88. The summed E-state index contributed by atoms with van der Waals surface area (Å²) in [6, 6.07) is 13.2. The Morgan fingerprint density at radius 1 is 1.04 bits per heavy atom. The number of ether oxygens (including phenoxy) is 3. The molecule has 0 bridgehead atoms. The smallest absolute Gasteiger partial charge is 0.407 e. The highest BCUT2D eigenvalue weighted by molar-refractivity contribution is 6.07. The van der Waals surface area contributed by atoms with Crippen LogP contribution in [0, 0.1) is 11.8 Å². The van der Waals surface area contributed by atoms with Crippen LogP contribution in [0.2, 0.25) is 0 Å². The maximum absolute atomic E-state index is 14.0. The number of fused-ring (bicyclic) bond motifs is 6. The number of imidazole rings is 2. The highest BCUT2D eigenvalue weighted by Crippen LogP contribution is 2.44. The average Bonchev–Trinajstić information content (AvgIpc) is 3.98. The summed E-state index contributed by atoms with van der Waals surface area (Å²) in [6.45, 7) is 5.68. The molecule has 8 rings (SSSR count). The topological polar surface area (TPSA) is 175 Å². The van der Waals surface area contributed by atoms with Crippen LogP contribution in [0.15, 0.2) is 48.7 Å². The molecule has 3 aliphatic heterocycles. The van der Waals surface area contributed by atoms with Gasteiger partial charge in [-0.1, -0.05) is 32.0 Å². The lowest BCUT2D eigenvalue weighted by Crippen LogP contribution is -2.51. The largest absolute Gasteiger partial charge is 0.488 e. The molecule has 53 heavy (non-hydrogen) atoms. The van der Waals surface area contributed by atoms with Crippen LogP contribution in [0.5, 0.6) is 5.75 Å². The fraction of sp³-hybridized carbons (Fsp3) is 0.410. The Morgan fingerprint density at radius 3 is 2.66 bits per heavy atom. The van der Waals surface area contributed by atoms with Crippen LogP contribution in [0.25, 0.3) is 44.2 Å². The molecule has 0 unspecified atom stereocenters. The number of carbonyl (C=O) groups is 3. The van der Waals surface area contributed by atoms with E-state index >= 15 is 0 Å². The fourth-order valence-corrected chi connectivity index (χ4v) is 8.23. The Labute approximate surface area is 305 Å². The van der Waals surface area contributed by atoms with Crippen molar-refractivity contribution < 1.29 is 33.7 Å². The lowest BCUT2D eigenvalue weighted by molar-refractivity contribution is -0.135. The lowest BCUT2D eigenvalue weighted by Gasteiger charge is -2.30. The van der Waals surface area contributed by atoms with Crippen molar-refractivity contribution in [2.45, 2.75) is 57.8 Å². The molecule has 3 aliphatic rings. The SMILES string of the molecule is COC[C@H]1C[C@@H](c2nc3ccc4cc5c(cc4c3[nH]2)OCc2cc(-c3cnc([C@@H]4CCCN4C(=O)O)[nH]3)ccc2-5)N(C(=O)[C@@H](NC(=O)OC)C(C)C)C1. The number of alkyl carbamates (subject to hydrolysis) is 1. The van der Waals surface area contributed by atoms with Crippen LogP contribution < -0.4 is 10.1 Å². The van der Waals surface area contributed by atoms with E-state index in [1.807, 2.05) is 24.8 Å². The minimum Gasteiger partial charge on any atom is -0.488 e. The second kappa shape index (κ2) is 13.7. The summed E-state index contributed by atoms with van der Waals surface area (Å²) in [6.07, 6.45) is 2.43. The van der Waals surface area contributed by atoms with Gasteiger partial charge >= 0.3 is 12.2 Å². The average molecular weight is 722 g/mol. The molecule has 4 atom stereocenters. The number of methoxy groups -OCH3 is 2. The summed E-state index contributed by atoms with van der Waals surface area (Å²) >= 11 is 0. The number of carboxylic acid groups (broad SMARTS) is 1. The first kappa shape index (κ1) is 34.5. The molecule has 5 aromatic rings. The van der Waals surface area contributed by atoms with Gasteiger partial charge in [0.25, 0.3) is 0 Å². The number of likely N-dealkylation sites (tertiary alicyclic amines) is 2. The van der Waals surface area contributed by atoms with Gasteiger partial charge in [-0.2, -0.15) is 0 Å². The van der Waals surface area contributed by atoms with Crippen molar-refractivity contribution in [2.24, 2.45) is 11.8 Å². The molecule has 2 saturated heterocycles. The van der Waals surface area contributed by atoms with Crippen LogP contribution in [-0.2, 0) is 20.9 Å². The number of nitrogens with zero attached hydrogens (tertiary/aromatic N) is 4. The van der Waals surface area contributed by atoms with E-state index in [2.05, 4.69) is 56.7 Å². The van der Waals surface area contributed by atoms with Crippen molar-refractivity contribution in [2.75, 3.05) is 33.9 Å². The molecule has 2 fully saturated rings. The number of benzene rings is 3. The van der Waals surface area contributed by atoms with E-state index in [9.17, 15) is 19.5 Å². The molecule has 0 saturated carbocycles. The highest BCUT2D eigenvalue weighted by Gasteiger charge is 2.41. The van der Waals surface area contributed by atoms with Crippen molar-refractivity contribution in [1.82, 2.24) is 35.1 Å². The lowest BCUT2D eigenvalue weighted by atomic mass is 9.92. The number of H-pyrrole nitrogens is 2. The van der Waals surface area contributed by atoms with Crippen molar-refractivity contribution in [1.29, 1.82) is 0 Å². The van der Waals surface area contributed by atoms with Gasteiger partial charge in [-0.25, -0.2) is 19.6 Å². The number of nitrogens with one attached hydrogen (secondary N) is 3. The predicted octanol–water partition coefficient (Wildman–Crippen LogP) is 6.40. The Kier molecular flexibility index (Phi) is 8.93. The van der Waals surface area contributed by atoms with Gasteiger partial charge < -0.3 is 39.5 Å². The molecule has 5 heterocycles. The molecule has 14 nitrogen and oxygen atoms in total. The zero-order valence-electron chi connectivity index (χ0n) is 30.1. The quantitative estimate of drug-likeness (QED) is 0.141. The molecule has 4 N–H and O–H groups in total. The van der Waals surface area contributed by atoms with Crippen molar-refractivity contribution in [3.05, 3.63) is 65.9 Å². The van der Waals surface area contributed by atoms with E-state index in [-0.39, 0.29) is 29.8 Å². The van der Waals surface area contributed by atoms with E-state index < -0.39 is 18.2 Å². The van der Waals surface area contributed by atoms with Crippen molar-refractivity contribution >= 4 is 39.9 Å². The van der Waals surface area contributed by atoms with Gasteiger partial charge in [-0.05, 0) is 71.5 Å². The number of carbonyl (C=O) groups excluding carboxylic acids is 2. The molecule has 3 amide bonds. The van der Waals surface area contributed by atoms with Crippen LogP contribution in [0.4, 0.5) is 9.59 Å². The van der Waals surface area contributed by atoms with Gasteiger partial charge in [-0.3, -0.25) is 9.69 Å². The van der Waals surface area contributed by atoms with E-state index in [1.165, 1.54) is 12.0 Å². The third kappa shape index (κ3) is 6.20. The number of hydrogen-bond donors (Lipinski definition) is 4. The summed E-state index contributed by atoms with van der Waals surface area (Å²) in [5, 5.41) is 14.3. The molecular weight excluding hydrogens is 678 g/mol. The van der Waals surface area contributed by atoms with Crippen LogP contribution >= 0.6 is 0 Å². The van der Waals surface area contributed by atoms with Crippen LogP contribution in [0.3, 0.4) is 0 Å². The van der Waals surface area contributed by atoms with E-state index in [0.29, 0.717) is 44.4 Å². The molecule has 0 radical (unpaired) electrons. The molecule has 0 aliphatic carbocycles. The number of aromatic nitrogens is 4. The fourth-order valence-electron chi connectivity index (χ4n) is 8.23. The molecule has 276 valence electrons. The van der Waals surface area contributed by atoms with Gasteiger partial charge in [0, 0.05) is 37.1 Å². The third-order valence-electron chi connectivity index (χ3n) is 10.9. The zero-order chi connectivity index (χ0) is 37.0. The standard InChI is InChI=1S/C39H43N7O7/c1-20(2)33(44-38(48)52-4)37(47)46-17-21(18-51-3)12-31(46)36-41-28-10-8-22-14-27-25-9-7-23(13-24(25)19-53-32(27)15-26(22)34(28)43-36)29-16-40-35(42-29)30-6-5-11-45(30)39(49)50/h7-10,13-16,20-21,30-31,33H,5-6,11-12,17-19H2,1-4H3,(H,40,42)(H,41,43)(H,44,48)(H,49,50)/t21-,30-,31-,33-/m0/s1. The molecule has 2 aromatic heterocycles. The second-order valence-electron chi connectivity index (χ2n) is 14.5. The van der Waals surface area contributed by atoms with Crippen LogP contribution in [0.1, 0.15) is 62.4 Å². The Morgan fingerprint density at radius 2 is 1.89 bits per heavy atom. The van der Waals surface area contributed by atoms with E-state index in [1.54, 1.807) is 13.3 Å². The molecule has 3 aromatic carbocycles. The zero-order valence-corrected chi connectivity index (χ0v) is 30.1. The van der Waals surface area contributed by atoms with Gasteiger partial charge in [-0.15, -0.1) is 0 Å². The maximum Gasteiger partial charge on any atom is 0.407 e. The summed E-state index contributed by atoms with van der Waals surface area (Å²) in [7, 11) is 2.94. The minimum atomic E-state index is -0.925. The third-order valence-corrected chi connectivity index (χ3v) is 10.9. The van der Waals surface area contributed by atoms with Gasteiger partial charge in [0.1, 0.15) is 30.0 Å². The van der Waals surface area contributed by atoms with E-state index in [4.69, 9.17) is 19.2 Å². The van der Waals surface area contributed by atoms with Gasteiger partial charge in [0.15, 0.2) is 0 Å². The number of hydrogen-bond acceptors (Lipinski definition) is 8. The maximum atomic E-state index is 14.0. The van der Waals surface area contributed by atoms with Crippen molar-refractivity contribution in [3.8, 4) is 28.1 Å². The minimum absolute atomic E-state index is 0.107. The Balaban J connectivity index is 1.09. The molecule has 0 spiro atoms. The number of rotatable bonds is 8.